The summed E-state index contributed by atoms with van der Waals surface area (Å²) in [6, 6.07) is 10.7. The molecule has 0 amide bonds. The molecule has 1 aliphatic rings. The average Bonchev–Trinajstić information content (AvgIpc) is 2.93. The maximum absolute atomic E-state index is 8.73. The van der Waals surface area contributed by atoms with Crippen LogP contribution < -0.4 is 0 Å². The van der Waals surface area contributed by atoms with E-state index in [4.69, 9.17) is 26.9 Å². The number of hydrogen-bond acceptors (Lipinski definition) is 3. The number of epoxide rings is 1. The zero-order chi connectivity index (χ0) is 10.2. The molecule has 0 N–H and O–H groups in total. The Morgan fingerprint density at radius 2 is 2.07 bits per heavy atom. The highest BCUT2D eigenvalue weighted by Crippen LogP contribution is 2.48. The molecule has 1 aromatic rings. The lowest BCUT2D eigenvalue weighted by Crippen LogP contribution is -2.04. The summed E-state index contributed by atoms with van der Waals surface area (Å²) in [5, 5.41) is 18.0. The van der Waals surface area contributed by atoms with Crippen LogP contribution in [0.2, 0.25) is 5.02 Å². The first kappa shape index (κ1) is 9.02. The van der Waals surface area contributed by atoms with Gasteiger partial charge in [-0.05, 0) is 17.7 Å². The largest absolute Gasteiger partial charge is 0.332 e. The third kappa shape index (κ3) is 1.24. The molecule has 1 unspecified atom stereocenters. The van der Waals surface area contributed by atoms with Crippen LogP contribution in [0.1, 0.15) is 11.7 Å². The molecule has 2 rings (SSSR count). The van der Waals surface area contributed by atoms with E-state index in [1.807, 2.05) is 12.1 Å². The van der Waals surface area contributed by atoms with Crippen LogP contribution >= 0.6 is 11.6 Å². The number of ether oxygens (including phenoxy) is 1. The molecule has 1 atom stereocenters. The highest BCUT2D eigenvalue weighted by Gasteiger charge is 2.59. The first-order valence-corrected chi connectivity index (χ1v) is 4.35. The predicted molar refractivity (Wildman–Crippen MR) is 49.2 cm³/mol. The first-order valence-electron chi connectivity index (χ1n) is 3.97. The summed E-state index contributed by atoms with van der Waals surface area (Å²) in [6.45, 7) is 0. The smallest absolute Gasteiger partial charge is 0.272 e. The van der Waals surface area contributed by atoms with Gasteiger partial charge in [-0.1, -0.05) is 23.7 Å². The Kier molecular flexibility index (Phi) is 1.93. The van der Waals surface area contributed by atoms with Gasteiger partial charge in [0.25, 0.3) is 5.60 Å². The number of benzene rings is 1. The van der Waals surface area contributed by atoms with Crippen molar-refractivity contribution in [2.24, 2.45) is 0 Å². The van der Waals surface area contributed by atoms with Crippen LogP contribution in [0.4, 0.5) is 0 Å². The number of nitriles is 2. The highest BCUT2D eigenvalue weighted by molar-refractivity contribution is 6.30. The molecule has 0 spiro atoms. The summed E-state index contributed by atoms with van der Waals surface area (Å²) in [5.74, 6) is 0. The third-order valence-electron chi connectivity index (χ3n) is 2.10. The molecule has 0 aliphatic carbocycles. The molecule has 1 aliphatic heterocycles. The van der Waals surface area contributed by atoms with Crippen LogP contribution in [-0.4, -0.2) is 5.60 Å². The second-order valence-corrected chi connectivity index (χ2v) is 3.45. The maximum atomic E-state index is 8.73. The number of hydrogen-bond donors (Lipinski definition) is 0. The predicted octanol–water partition coefficient (Wildman–Crippen LogP) is 2.20. The summed E-state index contributed by atoms with van der Waals surface area (Å²) in [4.78, 5) is 0. The summed E-state index contributed by atoms with van der Waals surface area (Å²) >= 11 is 5.77. The van der Waals surface area contributed by atoms with Crippen molar-refractivity contribution in [2.45, 2.75) is 11.7 Å². The van der Waals surface area contributed by atoms with Gasteiger partial charge in [0.15, 0.2) is 0 Å². The van der Waals surface area contributed by atoms with Crippen molar-refractivity contribution in [3.63, 3.8) is 0 Å². The fourth-order valence-electron chi connectivity index (χ4n) is 1.32. The SMILES string of the molecule is N#CC1(C#N)OC1c1cccc(Cl)c1. The van der Waals surface area contributed by atoms with Crippen molar-refractivity contribution in [1.29, 1.82) is 10.5 Å². The van der Waals surface area contributed by atoms with Crippen molar-refractivity contribution in [2.75, 3.05) is 0 Å². The molecule has 0 aromatic heterocycles. The highest BCUT2D eigenvalue weighted by atomic mass is 35.5. The summed E-state index contributed by atoms with van der Waals surface area (Å²) in [7, 11) is 0. The zero-order valence-electron chi connectivity index (χ0n) is 7.07. The fraction of sp³-hybridized carbons (Fsp3) is 0.200. The van der Waals surface area contributed by atoms with E-state index in [9.17, 15) is 0 Å². The van der Waals surface area contributed by atoms with Crippen LogP contribution in [0.5, 0.6) is 0 Å². The minimum absolute atomic E-state index is 0.462. The standard InChI is InChI=1S/C10H5ClN2O/c11-8-3-1-2-7(4-8)9-10(5-12,6-13)14-9/h1-4,9H. The van der Waals surface area contributed by atoms with Crippen molar-refractivity contribution in [1.82, 2.24) is 0 Å². The molecule has 1 heterocycles. The molecule has 0 radical (unpaired) electrons. The Hall–Kier alpha value is -1.55. The first-order chi connectivity index (χ1) is 6.72. The Morgan fingerprint density at radius 1 is 1.36 bits per heavy atom. The minimum atomic E-state index is -1.30. The minimum Gasteiger partial charge on any atom is -0.332 e. The summed E-state index contributed by atoms with van der Waals surface area (Å²) in [6.07, 6.45) is -0.462. The van der Waals surface area contributed by atoms with Gasteiger partial charge in [-0.25, -0.2) is 0 Å². The van der Waals surface area contributed by atoms with Crippen molar-refractivity contribution in [3.8, 4) is 12.1 Å². The second-order valence-electron chi connectivity index (χ2n) is 3.01. The molecule has 0 saturated carbocycles. The number of halogens is 1. The lowest BCUT2D eigenvalue weighted by atomic mass is 10.0. The molecule has 1 aromatic carbocycles. The number of nitrogens with zero attached hydrogens (tertiary/aromatic N) is 2. The number of rotatable bonds is 1. The third-order valence-corrected chi connectivity index (χ3v) is 2.33. The van der Waals surface area contributed by atoms with Crippen molar-refractivity contribution < 1.29 is 4.74 Å². The van der Waals surface area contributed by atoms with Crippen molar-refractivity contribution in [3.05, 3.63) is 34.9 Å². The molecule has 0 bridgehead atoms. The van der Waals surface area contributed by atoms with Gasteiger partial charge in [0.1, 0.15) is 18.2 Å². The van der Waals surface area contributed by atoms with Crippen LogP contribution in [-0.2, 0) is 4.74 Å². The molecule has 68 valence electrons. The van der Waals surface area contributed by atoms with Crippen LogP contribution in [0.15, 0.2) is 24.3 Å². The summed E-state index contributed by atoms with van der Waals surface area (Å²) < 4.78 is 5.06. The van der Waals surface area contributed by atoms with Crippen LogP contribution in [0.25, 0.3) is 0 Å². The Balaban J connectivity index is 2.31. The van der Waals surface area contributed by atoms with E-state index in [0.29, 0.717) is 5.02 Å². The monoisotopic (exact) mass is 204 g/mol. The van der Waals surface area contributed by atoms with Gasteiger partial charge in [-0.15, -0.1) is 0 Å². The van der Waals surface area contributed by atoms with Gasteiger partial charge in [-0.2, -0.15) is 10.5 Å². The van der Waals surface area contributed by atoms with E-state index in [0.717, 1.165) is 5.56 Å². The van der Waals surface area contributed by atoms with Crippen LogP contribution in [0.3, 0.4) is 0 Å². The molecular formula is C10H5ClN2O. The fourth-order valence-corrected chi connectivity index (χ4v) is 1.52. The van der Waals surface area contributed by atoms with E-state index in [1.54, 1.807) is 24.3 Å². The topological polar surface area (TPSA) is 60.1 Å². The molecule has 1 fully saturated rings. The van der Waals surface area contributed by atoms with Crippen molar-refractivity contribution >= 4 is 11.6 Å². The van der Waals surface area contributed by atoms with E-state index in [2.05, 4.69) is 0 Å². The van der Waals surface area contributed by atoms with Crippen LogP contribution in [0, 0.1) is 22.7 Å². The quantitative estimate of drug-likeness (QED) is 0.659. The van der Waals surface area contributed by atoms with Gasteiger partial charge < -0.3 is 4.74 Å². The van der Waals surface area contributed by atoms with E-state index in [-0.39, 0.29) is 0 Å². The average molecular weight is 205 g/mol. The molecule has 4 heteroatoms. The van der Waals surface area contributed by atoms with Gasteiger partial charge >= 0.3 is 0 Å². The lowest BCUT2D eigenvalue weighted by molar-refractivity contribution is 0.369. The van der Waals surface area contributed by atoms with E-state index in [1.165, 1.54) is 0 Å². The van der Waals surface area contributed by atoms with E-state index < -0.39 is 11.7 Å². The lowest BCUT2D eigenvalue weighted by Gasteiger charge is -1.95. The molecular weight excluding hydrogens is 200 g/mol. The Morgan fingerprint density at radius 3 is 2.57 bits per heavy atom. The maximum Gasteiger partial charge on any atom is 0.272 e. The Labute approximate surface area is 86.1 Å². The Bertz CT molecular complexity index is 444. The van der Waals surface area contributed by atoms with E-state index >= 15 is 0 Å². The second kappa shape index (κ2) is 2.99. The molecule has 3 nitrogen and oxygen atoms in total. The van der Waals surface area contributed by atoms with Gasteiger partial charge in [-0.3, -0.25) is 0 Å². The zero-order valence-corrected chi connectivity index (χ0v) is 7.82. The van der Waals surface area contributed by atoms with Gasteiger partial charge in [0, 0.05) is 5.02 Å². The van der Waals surface area contributed by atoms with Gasteiger partial charge in [0.2, 0.25) is 0 Å². The molecule has 1 saturated heterocycles. The molecule has 14 heavy (non-hydrogen) atoms. The summed E-state index contributed by atoms with van der Waals surface area (Å²) in [5.41, 5.74) is -0.536. The van der Waals surface area contributed by atoms with Gasteiger partial charge in [0.05, 0.1) is 0 Å². The normalized spacial score (nSPS) is 22.1.